The second-order valence-electron chi connectivity index (χ2n) is 2.64. The van der Waals surface area contributed by atoms with Gasteiger partial charge in [-0.25, -0.2) is 4.98 Å². The number of hydrogen-bond donors (Lipinski definition) is 1. The van der Waals surface area contributed by atoms with Gasteiger partial charge in [0.05, 0.1) is 6.61 Å². The maximum Gasteiger partial charge on any atom is 0.323 e. The van der Waals surface area contributed by atoms with Crippen LogP contribution in [0.25, 0.3) is 0 Å². The number of ether oxygens (including phenoxy) is 1. The van der Waals surface area contributed by atoms with Crippen molar-refractivity contribution >= 4 is 28.9 Å². The second kappa shape index (κ2) is 5.29. The molecule has 14 heavy (non-hydrogen) atoms. The van der Waals surface area contributed by atoms with Crippen molar-refractivity contribution in [3.63, 3.8) is 0 Å². The van der Waals surface area contributed by atoms with Crippen LogP contribution >= 0.6 is 22.9 Å². The standard InChI is InChI=1S/C8H11ClN2O2S/c1-2-13-7(12)6(10)3-5-4-11-8(9)14-5/h4,6H,2-3,10H2,1H3. The molecule has 1 aromatic heterocycles. The third-order valence-electron chi connectivity index (χ3n) is 1.54. The van der Waals surface area contributed by atoms with Crippen molar-refractivity contribution in [1.82, 2.24) is 4.98 Å². The summed E-state index contributed by atoms with van der Waals surface area (Å²) in [5, 5.41) is 0. The Hall–Kier alpha value is -0.650. The number of carbonyl (C=O) groups is 1. The monoisotopic (exact) mass is 234 g/mol. The van der Waals surface area contributed by atoms with E-state index in [-0.39, 0.29) is 0 Å². The second-order valence-corrected chi connectivity index (χ2v) is 4.34. The Labute approximate surface area is 91.0 Å². The Morgan fingerprint density at radius 3 is 3.07 bits per heavy atom. The number of esters is 1. The minimum Gasteiger partial charge on any atom is -0.465 e. The lowest BCUT2D eigenvalue weighted by Crippen LogP contribution is -2.34. The van der Waals surface area contributed by atoms with Gasteiger partial charge in [-0.2, -0.15) is 0 Å². The summed E-state index contributed by atoms with van der Waals surface area (Å²) in [6.07, 6.45) is 2.04. The molecule has 1 rings (SSSR count). The van der Waals surface area contributed by atoms with Crippen molar-refractivity contribution in [1.29, 1.82) is 0 Å². The first-order valence-electron chi connectivity index (χ1n) is 4.16. The highest BCUT2D eigenvalue weighted by Crippen LogP contribution is 2.18. The minimum absolute atomic E-state index is 0.343. The van der Waals surface area contributed by atoms with Crippen molar-refractivity contribution in [3.8, 4) is 0 Å². The molecule has 0 fully saturated rings. The molecule has 1 atom stereocenters. The highest BCUT2D eigenvalue weighted by atomic mass is 35.5. The topological polar surface area (TPSA) is 65.2 Å². The molecule has 4 nitrogen and oxygen atoms in total. The zero-order valence-corrected chi connectivity index (χ0v) is 9.27. The number of nitrogens with zero attached hydrogens (tertiary/aromatic N) is 1. The molecule has 0 bridgehead atoms. The Bertz CT molecular complexity index is 316. The highest BCUT2D eigenvalue weighted by Gasteiger charge is 2.16. The predicted octanol–water partition coefficient (Wildman–Crippen LogP) is 1.23. The molecule has 0 amide bonds. The summed E-state index contributed by atoms with van der Waals surface area (Å²) < 4.78 is 5.22. The van der Waals surface area contributed by atoms with Crippen LogP contribution < -0.4 is 5.73 Å². The van der Waals surface area contributed by atoms with E-state index in [2.05, 4.69) is 4.98 Å². The Morgan fingerprint density at radius 1 is 1.86 bits per heavy atom. The Balaban J connectivity index is 2.48. The smallest absolute Gasteiger partial charge is 0.323 e. The zero-order valence-electron chi connectivity index (χ0n) is 7.70. The van der Waals surface area contributed by atoms with Gasteiger partial charge in [-0.3, -0.25) is 4.79 Å². The minimum atomic E-state index is -0.633. The fourth-order valence-electron chi connectivity index (χ4n) is 0.927. The van der Waals surface area contributed by atoms with E-state index >= 15 is 0 Å². The van der Waals surface area contributed by atoms with Crippen LogP contribution in [0.3, 0.4) is 0 Å². The van der Waals surface area contributed by atoms with Crippen molar-refractivity contribution in [2.24, 2.45) is 5.73 Å². The van der Waals surface area contributed by atoms with Crippen molar-refractivity contribution in [2.75, 3.05) is 6.61 Å². The molecular formula is C8H11ClN2O2S. The molecule has 2 N–H and O–H groups in total. The summed E-state index contributed by atoms with van der Waals surface area (Å²) in [5.74, 6) is -0.392. The van der Waals surface area contributed by atoms with Gasteiger partial charge in [-0.15, -0.1) is 11.3 Å². The summed E-state index contributed by atoms with van der Waals surface area (Å²) >= 11 is 6.95. The van der Waals surface area contributed by atoms with Crippen LogP contribution in [0, 0.1) is 0 Å². The van der Waals surface area contributed by atoms with Gasteiger partial charge in [0.15, 0.2) is 4.47 Å². The fraction of sp³-hybridized carbons (Fsp3) is 0.500. The Morgan fingerprint density at radius 2 is 2.57 bits per heavy atom. The van der Waals surface area contributed by atoms with E-state index in [1.54, 1.807) is 13.1 Å². The molecule has 0 aliphatic carbocycles. The number of halogens is 1. The summed E-state index contributed by atoms with van der Waals surface area (Å²) in [4.78, 5) is 15.9. The average Bonchev–Trinajstić information content (AvgIpc) is 2.51. The number of hydrogen-bond acceptors (Lipinski definition) is 5. The third-order valence-corrected chi connectivity index (χ3v) is 2.67. The predicted molar refractivity (Wildman–Crippen MR) is 55.4 cm³/mol. The largest absolute Gasteiger partial charge is 0.465 e. The van der Waals surface area contributed by atoms with E-state index in [4.69, 9.17) is 22.1 Å². The van der Waals surface area contributed by atoms with Gasteiger partial charge in [0, 0.05) is 17.5 Å². The van der Waals surface area contributed by atoms with Gasteiger partial charge in [0.2, 0.25) is 0 Å². The van der Waals surface area contributed by atoms with Gasteiger partial charge >= 0.3 is 5.97 Å². The highest BCUT2D eigenvalue weighted by molar-refractivity contribution is 7.15. The summed E-state index contributed by atoms with van der Waals surface area (Å²) in [7, 11) is 0. The fourth-order valence-corrected chi connectivity index (χ4v) is 1.96. The van der Waals surface area contributed by atoms with Crippen molar-refractivity contribution < 1.29 is 9.53 Å². The molecule has 0 aliphatic rings. The van der Waals surface area contributed by atoms with Crippen LogP contribution in [0.1, 0.15) is 11.8 Å². The molecule has 1 heterocycles. The molecule has 1 unspecified atom stereocenters. The molecule has 0 saturated carbocycles. The maximum absolute atomic E-state index is 11.2. The molecule has 78 valence electrons. The lowest BCUT2D eigenvalue weighted by molar-refractivity contribution is -0.144. The first kappa shape index (κ1) is 11.4. The molecule has 6 heteroatoms. The SMILES string of the molecule is CCOC(=O)C(N)Cc1cnc(Cl)s1. The molecule has 0 aliphatic heterocycles. The van der Waals surface area contributed by atoms with Gasteiger partial charge in [0.25, 0.3) is 0 Å². The van der Waals surface area contributed by atoms with E-state index in [9.17, 15) is 4.79 Å². The normalized spacial score (nSPS) is 12.5. The molecule has 0 radical (unpaired) electrons. The maximum atomic E-state index is 11.2. The van der Waals surface area contributed by atoms with Crippen LogP contribution in [0.15, 0.2) is 6.20 Å². The lowest BCUT2D eigenvalue weighted by atomic mass is 10.2. The number of rotatable bonds is 4. The van der Waals surface area contributed by atoms with Crippen LogP contribution in [0.2, 0.25) is 4.47 Å². The summed E-state index contributed by atoms with van der Waals surface area (Å²) in [6, 6.07) is -0.633. The van der Waals surface area contributed by atoms with Crippen LogP contribution in [-0.4, -0.2) is 23.6 Å². The average molecular weight is 235 g/mol. The van der Waals surface area contributed by atoms with Crippen LogP contribution in [0.5, 0.6) is 0 Å². The molecule has 0 aromatic carbocycles. The van der Waals surface area contributed by atoms with E-state index in [1.165, 1.54) is 11.3 Å². The molecule has 0 saturated heterocycles. The molecule has 1 aromatic rings. The molecular weight excluding hydrogens is 224 g/mol. The summed E-state index contributed by atoms with van der Waals surface area (Å²) in [6.45, 7) is 2.09. The van der Waals surface area contributed by atoms with Gasteiger partial charge in [-0.1, -0.05) is 11.6 Å². The number of carbonyl (C=O) groups excluding carboxylic acids is 1. The van der Waals surface area contributed by atoms with E-state index in [0.29, 0.717) is 17.5 Å². The van der Waals surface area contributed by atoms with Crippen molar-refractivity contribution in [2.45, 2.75) is 19.4 Å². The van der Waals surface area contributed by atoms with Gasteiger partial charge < -0.3 is 10.5 Å². The van der Waals surface area contributed by atoms with Gasteiger partial charge in [0.1, 0.15) is 6.04 Å². The molecule has 0 spiro atoms. The van der Waals surface area contributed by atoms with Crippen LogP contribution in [-0.2, 0) is 16.0 Å². The van der Waals surface area contributed by atoms with Crippen LogP contribution in [0.4, 0.5) is 0 Å². The van der Waals surface area contributed by atoms with Gasteiger partial charge in [-0.05, 0) is 6.92 Å². The lowest BCUT2D eigenvalue weighted by Gasteiger charge is -2.08. The first-order valence-corrected chi connectivity index (χ1v) is 5.35. The summed E-state index contributed by atoms with van der Waals surface area (Å²) in [5.41, 5.74) is 5.61. The third kappa shape index (κ3) is 3.25. The number of aromatic nitrogens is 1. The number of thiazole rings is 1. The van der Waals surface area contributed by atoms with E-state index in [1.807, 2.05) is 0 Å². The zero-order chi connectivity index (χ0) is 10.6. The van der Waals surface area contributed by atoms with E-state index < -0.39 is 12.0 Å². The van der Waals surface area contributed by atoms with Crippen molar-refractivity contribution in [3.05, 3.63) is 15.5 Å². The quantitative estimate of drug-likeness (QED) is 0.796. The Kier molecular flexibility index (Phi) is 4.31. The van der Waals surface area contributed by atoms with E-state index in [0.717, 1.165) is 4.88 Å². The first-order chi connectivity index (χ1) is 6.63. The number of nitrogens with two attached hydrogens (primary N) is 1.